The van der Waals surface area contributed by atoms with E-state index < -0.39 is 5.54 Å². The van der Waals surface area contributed by atoms with E-state index in [1.54, 1.807) is 6.07 Å². The van der Waals surface area contributed by atoms with Crippen molar-refractivity contribution in [3.63, 3.8) is 0 Å². The number of nitrogens with zero attached hydrogens (tertiary/aromatic N) is 1. The molecule has 0 aromatic heterocycles. The fourth-order valence-electron chi connectivity index (χ4n) is 1.89. The molecule has 0 amide bonds. The molecule has 0 saturated carbocycles. The zero-order valence-corrected chi connectivity index (χ0v) is 12.4. The van der Waals surface area contributed by atoms with Gasteiger partial charge in [-0.2, -0.15) is 0 Å². The Morgan fingerprint density at radius 2 is 2.12 bits per heavy atom. The van der Waals surface area contributed by atoms with Gasteiger partial charge in [0.15, 0.2) is 11.9 Å². The molecule has 4 radical (unpaired) electrons. The first kappa shape index (κ1) is 11.6. The molecule has 0 bridgehead atoms. The minimum absolute atomic E-state index is 0. The zero-order chi connectivity index (χ0) is 10.3. The molecule has 1 spiro atoms. The van der Waals surface area contributed by atoms with Gasteiger partial charge in [-0.3, -0.25) is 0 Å². The van der Waals surface area contributed by atoms with Gasteiger partial charge in [0.1, 0.15) is 12.4 Å². The van der Waals surface area contributed by atoms with Crippen LogP contribution in [-0.4, -0.2) is 51.8 Å². The summed E-state index contributed by atoms with van der Waals surface area (Å²) in [6, 6.07) is 7.50. The van der Waals surface area contributed by atoms with E-state index in [2.05, 4.69) is 4.99 Å². The van der Waals surface area contributed by atoms with Crippen molar-refractivity contribution in [1.82, 2.24) is 0 Å². The Morgan fingerprint density at radius 1 is 1.31 bits per heavy atom. The Labute approximate surface area is 113 Å². The van der Waals surface area contributed by atoms with Gasteiger partial charge in [-0.05, 0) is 11.6 Å². The maximum atomic E-state index is 11.8. The van der Waals surface area contributed by atoms with Crippen LogP contribution in [0.4, 0.5) is 0 Å². The van der Waals surface area contributed by atoms with Crippen LogP contribution in [0.1, 0.15) is 5.56 Å². The summed E-state index contributed by atoms with van der Waals surface area (Å²) in [6.45, 7) is 0.278. The first-order valence-corrected chi connectivity index (χ1v) is 4.76. The van der Waals surface area contributed by atoms with Gasteiger partial charge in [0.25, 0.3) is 0 Å². The number of hydrogen-bond donors (Lipinski definition) is 0. The third-order valence-corrected chi connectivity index (χ3v) is 2.73. The molecule has 1 atom stereocenters. The van der Waals surface area contributed by atoms with E-state index in [1.165, 1.54) is 6.40 Å². The third kappa shape index (κ3) is 1.64. The van der Waals surface area contributed by atoms with Gasteiger partial charge < -0.3 is 9.47 Å². The van der Waals surface area contributed by atoms with Crippen LogP contribution < -0.4 is 4.74 Å². The smallest absolute Gasteiger partial charge is 0.343 e. The molecule has 1 aromatic rings. The predicted octanol–water partition coefficient (Wildman–Crippen LogP) is 0.565. The van der Waals surface area contributed by atoms with E-state index in [9.17, 15) is 4.79 Å². The average Bonchev–Trinajstić information content (AvgIpc) is 2.70. The molecule has 2 aliphatic rings. The van der Waals surface area contributed by atoms with Crippen molar-refractivity contribution in [3.8, 4) is 5.75 Å². The largest absolute Gasteiger partial charge is 0.480 e. The Hall–Kier alpha value is -0.918. The second kappa shape index (κ2) is 4.16. The maximum absolute atomic E-state index is 11.8. The first-order chi connectivity index (χ1) is 7.30. The number of para-hydroxylation sites is 1. The molecule has 0 N–H and O–H groups in total. The summed E-state index contributed by atoms with van der Waals surface area (Å²) in [4.78, 5) is 15.8. The number of benzene rings is 1. The molecule has 1 aromatic carbocycles. The molecule has 2 heterocycles. The van der Waals surface area contributed by atoms with Crippen molar-refractivity contribution >= 4 is 39.7 Å². The molecule has 5 heteroatoms. The van der Waals surface area contributed by atoms with Crippen molar-refractivity contribution in [1.29, 1.82) is 0 Å². The van der Waals surface area contributed by atoms with E-state index in [-0.39, 0.29) is 39.9 Å². The molecule has 16 heavy (non-hydrogen) atoms. The van der Waals surface area contributed by atoms with Gasteiger partial charge in [0.2, 0.25) is 0 Å². The Morgan fingerprint density at radius 3 is 2.88 bits per heavy atom. The summed E-state index contributed by atoms with van der Waals surface area (Å²) in [7, 11) is 0. The van der Waals surface area contributed by atoms with Gasteiger partial charge in [0.05, 0.1) is 0 Å². The quantitative estimate of drug-likeness (QED) is 0.357. The number of carbonyl (C=O) groups excluding carboxylic acids is 1. The number of aliphatic imine (C=N–C) groups is 1. The van der Waals surface area contributed by atoms with Crippen molar-refractivity contribution in [2.75, 3.05) is 6.61 Å². The summed E-state index contributed by atoms with van der Waals surface area (Å²) >= 11 is 0. The average molecular weight is 410 g/mol. The van der Waals surface area contributed by atoms with Crippen LogP contribution in [0.15, 0.2) is 29.3 Å². The monoisotopic (exact) mass is 411 g/mol. The molecule has 4 nitrogen and oxygen atoms in total. The fourth-order valence-corrected chi connectivity index (χ4v) is 1.89. The predicted molar refractivity (Wildman–Crippen MR) is 58.7 cm³/mol. The number of esters is 1. The summed E-state index contributed by atoms with van der Waals surface area (Å²) in [6.07, 6.45) is 1.88. The number of hydrogen-bond acceptors (Lipinski definition) is 4. The van der Waals surface area contributed by atoms with Crippen molar-refractivity contribution in [2.24, 2.45) is 4.99 Å². The van der Waals surface area contributed by atoms with Crippen molar-refractivity contribution in [2.45, 2.75) is 12.0 Å². The Bertz CT molecular complexity index is 460. The van der Waals surface area contributed by atoms with Crippen LogP contribution in [0.5, 0.6) is 5.75 Å². The van der Waals surface area contributed by atoms with Crippen molar-refractivity contribution in [3.05, 3.63) is 29.8 Å². The summed E-state index contributed by atoms with van der Waals surface area (Å²) in [5.74, 6) is 0.310. The minimum Gasteiger partial charge on any atom is -0.480 e. The number of carbonyl (C=O) groups is 1. The molecular formula is C11H9NO3Pb. The molecule has 0 saturated heterocycles. The standard InChI is InChI=1S/C11H9NO3.Pb/c13-10-11(6-14-7-12-11)5-8-3-1-2-4-9(8)15-10;/h1-4,7H,5-6H2;. The molecule has 3 rings (SSSR count). The topological polar surface area (TPSA) is 47.9 Å². The molecular weight excluding hydrogens is 401 g/mol. The van der Waals surface area contributed by atoms with Crippen LogP contribution >= 0.6 is 0 Å². The normalized spacial score (nSPS) is 25.6. The van der Waals surface area contributed by atoms with Crippen molar-refractivity contribution < 1.29 is 14.3 Å². The van der Waals surface area contributed by atoms with Gasteiger partial charge >= 0.3 is 5.97 Å². The Kier molecular flexibility index (Phi) is 3.00. The van der Waals surface area contributed by atoms with Gasteiger partial charge in [-0.1, -0.05) is 18.2 Å². The summed E-state index contributed by atoms with van der Waals surface area (Å²) in [5.41, 5.74) is 0.161. The van der Waals surface area contributed by atoms with E-state index >= 15 is 0 Å². The van der Waals surface area contributed by atoms with E-state index in [0.717, 1.165) is 5.56 Å². The van der Waals surface area contributed by atoms with Crippen LogP contribution in [-0.2, 0) is 16.0 Å². The van der Waals surface area contributed by atoms with Gasteiger partial charge in [-0.15, -0.1) is 0 Å². The second-order valence-electron chi connectivity index (χ2n) is 3.75. The van der Waals surface area contributed by atoms with Crippen LogP contribution in [0.2, 0.25) is 0 Å². The third-order valence-electron chi connectivity index (χ3n) is 2.73. The fraction of sp³-hybridized carbons (Fsp3) is 0.273. The number of rotatable bonds is 0. The summed E-state index contributed by atoms with van der Waals surface area (Å²) in [5, 5.41) is 0. The zero-order valence-electron chi connectivity index (χ0n) is 8.47. The Balaban J connectivity index is 0.000000963. The number of ether oxygens (including phenoxy) is 2. The number of fused-ring (bicyclic) bond motifs is 1. The second-order valence-corrected chi connectivity index (χ2v) is 3.75. The molecule has 0 aliphatic carbocycles. The SMILES string of the molecule is O=C1Oc2ccccc2CC12COC=N2.[Pb]. The van der Waals surface area contributed by atoms with E-state index in [4.69, 9.17) is 9.47 Å². The minimum atomic E-state index is -0.839. The maximum Gasteiger partial charge on any atom is 0.343 e. The summed E-state index contributed by atoms with van der Waals surface area (Å²) < 4.78 is 10.3. The van der Waals surface area contributed by atoms with Gasteiger partial charge in [-0.25, -0.2) is 9.79 Å². The van der Waals surface area contributed by atoms with Crippen LogP contribution in [0, 0.1) is 0 Å². The van der Waals surface area contributed by atoms with E-state index in [0.29, 0.717) is 12.2 Å². The van der Waals surface area contributed by atoms with Crippen LogP contribution in [0.25, 0.3) is 0 Å². The van der Waals surface area contributed by atoms with Gasteiger partial charge in [0, 0.05) is 33.7 Å². The molecule has 2 aliphatic heterocycles. The molecule has 1 unspecified atom stereocenters. The van der Waals surface area contributed by atoms with E-state index in [1.807, 2.05) is 18.2 Å². The molecule has 80 valence electrons. The molecule has 0 fully saturated rings. The van der Waals surface area contributed by atoms with Crippen LogP contribution in [0.3, 0.4) is 0 Å². The first-order valence-electron chi connectivity index (χ1n) is 4.76.